The molecule has 0 spiro atoms. The first-order valence-electron chi connectivity index (χ1n) is 4.43. The van der Waals surface area contributed by atoms with Crippen molar-refractivity contribution in [1.29, 1.82) is 0 Å². The Bertz CT molecular complexity index is 422. The zero-order valence-electron chi connectivity index (χ0n) is 8.33. The van der Waals surface area contributed by atoms with Crippen molar-refractivity contribution in [2.45, 2.75) is 12.6 Å². The predicted octanol–water partition coefficient (Wildman–Crippen LogP) is 3.58. The first-order valence-corrected chi connectivity index (χ1v) is 4.81. The number of benzene rings is 1. The van der Waals surface area contributed by atoms with E-state index in [2.05, 4.69) is 0 Å². The highest BCUT2D eigenvalue weighted by molar-refractivity contribution is 6.32. The van der Waals surface area contributed by atoms with E-state index < -0.39 is 24.1 Å². The molecule has 4 nitrogen and oxygen atoms in total. The maximum Gasteiger partial charge on any atom is 0.392 e. The number of hydrogen-bond donors (Lipinski definition) is 0. The lowest BCUT2D eigenvalue weighted by atomic mass is 10.3. The number of ether oxygens (including phenoxy) is 1. The number of nitro benzene ring substituents is 1. The number of alkyl halides is 3. The van der Waals surface area contributed by atoms with Gasteiger partial charge in [-0.1, -0.05) is 11.6 Å². The molecule has 0 N–H and O–H groups in total. The normalized spacial score (nSPS) is 11.3. The van der Waals surface area contributed by atoms with Crippen LogP contribution in [0.25, 0.3) is 0 Å². The van der Waals surface area contributed by atoms with E-state index in [0.29, 0.717) is 0 Å². The lowest BCUT2D eigenvalue weighted by Gasteiger charge is -2.09. The molecular formula is C9H7ClF3NO3. The van der Waals surface area contributed by atoms with Gasteiger partial charge in [-0.2, -0.15) is 13.2 Å². The van der Waals surface area contributed by atoms with E-state index in [1.54, 1.807) is 0 Å². The first kappa shape index (κ1) is 13.6. The molecule has 0 amide bonds. The second-order valence-corrected chi connectivity index (χ2v) is 3.49. The third kappa shape index (κ3) is 4.48. The zero-order valence-corrected chi connectivity index (χ0v) is 9.09. The van der Waals surface area contributed by atoms with E-state index in [0.717, 1.165) is 18.2 Å². The van der Waals surface area contributed by atoms with E-state index in [-0.39, 0.29) is 16.5 Å². The fourth-order valence-electron chi connectivity index (χ4n) is 0.997. The molecule has 0 bridgehead atoms. The van der Waals surface area contributed by atoms with Crippen molar-refractivity contribution in [2.75, 3.05) is 6.61 Å². The van der Waals surface area contributed by atoms with Crippen molar-refractivity contribution >= 4 is 17.3 Å². The van der Waals surface area contributed by atoms with Gasteiger partial charge in [0, 0.05) is 12.1 Å². The van der Waals surface area contributed by atoms with Gasteiger partial charge in [0.1, 0.15) is 5.75 Å². The summed E-state index contributed by atoms with van der Waals surface area (Å²) in [5.74, 6) is -0.0125. The van der Waals surface area contributed by atoms with Crippen molar-refractivity contribution in [3.63, 3.8) is 0 Å². The summed E-state index contributed by atoms with van der Waals surface area (Å²) in [6, 6.07) is 3.29. The van der Waals surface area contributed by atoms with Crippen LogP contribution >= 0.6 is 11.6 Å². The quantitative estimate of drug-likeness (QED) is 0.620. The van der Waals surface area contributed by atoms with Crippen LogP contribution in [0.4, 0.5) is 18.9 Å². The van der Waals surface area contributed by atoms with E-state index in [1.165, 1.54) is 0 Å². The Morgan fingerprint density at radius 3 is 2.53 bits per heavy atom. The summed E-state index contributed by atoms with van der Waals surface area (Å²) in [5, 5.41) is 10.3. The molecular weight excluding hydrogens is 263 g/mol. The summed E-state index contributed by atoms with van der Waals surface area (Å²) in [7, 11) is 0. The van der Waals surface area contributed by atoms with Crippen molar-refractivity contribution in [3.8, 4) is 5.75 Å². The molecule has 94 valence electrons. The average molecular weight is 270 g/mol. The monoisotopic (exact) mass is 269 g/mol. The Hall–Kier alpha value is -1.50. The minimum atomic E-state index is -4.31. The summed E-state index contributed by atoms with van der Waals surface area (Å²) in [6.07, 6.45) is -5.42. The molecule has 0 aromatic heterocycles. The van der Waals surface area contributed by atoms with Gasteiger partial charge < -0.3 is 4.74 Å². The molecule has 0 radical (unpaired) electrons. The van der Waals surface area contributed by atoms with Crippen LogP contribution in [0.5, 0.6) is 5.75 Å². The molecule has 0 aliphatic rings. The summed E-state index contributed by atoms with van der Waals surface area (Å²) in [4.78, 5) is 9.71. The Balaban J connectivity index is 2.64. The average Bonchev–Trinajstić information content (AvgIpc) is 2.18. The molecule has 8 heteroatoms. The minimum Gasteiger partial charge on any atom is -0.492 e. The topological polar surface area (TPSA) is 52.4 Å². The number of hydrogen-bond acceptors (Lipinski definition) is 3. The second-order valence-electron chi connectivity index (χ2n) is 3.09. The van der Waals surface area contributed by atoms with Crippen LogP contribution in [0.1, 0.15) is 6.42 Å². The maximum atomic E-state index is 11.8. The first-order chi connectivity index (χ1) is 7.79. The lowest BCUT2D eigenvalue weighted by molar-refractivity contribution is -0.384. The third-order valence-corrected chi connectivity index (χ3v) is 2.06. The highest BCUT2D eigenvalue weighted by Crippen LogP contribution is 2.29. The van der Waals surface area contributed by atoms with Gasteiger partial charge in [0.25, 0.3) is 5.69 Å². The fraction of sp³-hybridized carbons (Fsp3) is 0.333. The van der Waals surface area contributed by atoms with Gasteiger partial charge in [-0.05, 0) is 6.07 Å². The van der Waals surface area contributed by atoms with Gasteiger partial charge in [0.2, 0.25) is 0 Å². The number of rotatable bonds is 4. The summed E-state index contributed by atoms with van der Waals surface area (Å²) < 4.78 is 40.3. The van der Waals surface area contributed by atoms with E-state index >= 15 is 0 Å². The molecule has 0 heterocycles. The zero-order chi connectivity index (χ0) is 13.1. The molecule has 0 aliphatic heterocycles. The van der Waals surface area contributed by atoms with Gasteiger partial charge in [-0.3, -0.25) is 10.1 Å². The molecule has 1 rings (SSSR count). The molecule has 1 aromatic rings. The van der Waals surface area contributed by atoms with Crippen molar-refractivity contribution < 1.29 is 22.8 Å². The Morgan fingerprint density at radius 2 is 2.06 bits per heavy atom. The van der Waals surface area contributed by atoms with Crippen LogP contribution in [0.2, 0.25) is 5.02 Å². The molecule has 0 saturated heterocycles. The number of non-ortho nitro benzene ring substituents is 1. The number of nitro groups is 1. The van der Waals surface area contributed by atoms with Crippen LogP contribution in [0.15, 0.2) is 18.2 Å². The lowest BCUT2D eigenvalue weighted by Crippen LogP contribution is -2.13. The van der Waals surface area contributed by atoms with E-state index in [9.17, 15) is 23.3 Å². The molecule has 0 atom stereocenters. The third-order valence-electron chi connectivity index (χ3n) is 1.77. The van der Waals surface area contributed by atoms with Crippen molar-refractivity contribution in [3.05, 3.63) is 33.3 Å². The summed E-state index contributed by atoms with van der Waals surface area (Å²) in [6.45, 7) is -0.582. The molecule has 0 saturated carbocycles. The standard InChI is InChI=1S/C9H7ClF3NO3/c10-7-5-6(14(15)16)1-2-8(7)17-4-3-9(11,12)13/h1-2,5H,3-4H2. The SMILES string of the molecule is O=[N+]([O-])c1ccc(OCCC(F)(F)F)c(Cl)c1. The largest absolute Gasteiger partial charge is 0.492 e. The van der Waals surface area contributed by atoms with Crippen molar-refractivity contribution in [2.24, 2.45) is 0 Å². The van der Waals surface area contributed by atoms with E-state index in [1.807, 2.05) is 0 Å². The molecule has 17 heavy (non-hydrogen) atoms. The van der Waals surface area contributed by atoms with Gasteiger partial charge in [-0.25, -0.2) is 0 Å². The van der Waals surface area contributed by atoms with Crippen LogP contribution in [-0.4, -0.2) is 17.7 Å². The maximum absolute atomic E-state index is 11.8. The van der Waals surface area contributed by atoms with Crippen LogP contribution < -0.4 is 4.74 Å². The Morgan fingerprint density at radius 1 is 1.41 bits per heavy atom. The van der Waals surface area contributed by atoms with Gasteiger partial charge in [0.05, 0.1) is 23.0 Å². The number of halogens is 4. The predicted molar refractivity (Wildman–Crippen MR) is 54.3 cm³/mol. The molecule has 1 aromatic carbocycles. The minimum absolute atomic E-state index is 0.0125. The molecule has 0 aliphatic carbocycles. The summed E-state index contributed by atoms with van der Waals surface area (Å²) in [5.41, 5.74) is -0.252. The molecule has 0 unspecified atom stereocenters. The van der Waals surface area contributed by atoms with Crippen molar-refractivity contribution in [1.82, 2.24) is 0 Å². The van der Waals surface area contributed by atoms with E-state index in [4.69, 9.17) is 16.3 Å². The van der Waals surface area contributed by atoms with Gasteiger partial charge >= 0.3 is 6.18 Å². The summed E-state index contributed by atoms with van der Waals surface area (Å²) >= 11 is 5.61. The Labute approximate surface area is 99.1 Å². The van der Waals surface area contributed by atoms with Crippen LogP contribution in [0, 0.1) is 10.1 Å². The van der Waals surface area contributed by atoms with Gasteiger partial charge in [0.15, 0.2) is 0 Å². The number of nitrogens with zero attached hydrogens (tertiary/aromatic N) is 1. The Kier molecular flexibility index (Phi) is 4.17. The van der Waals surface area contributed by atoms with Crippen LogP contribution in [0.3, 0.4) is 0 Å². The van der Waals surface area contributed by atoms with Crippen LogP contribution in [-0.2, 0) is 0 Å². The van der Waals surface area contributed by atoms with Gasteiger partial charge in [-0.15, -0.1) is 0 Å². The second kappa shape index (κ2) is 5.22. The highest BCUT2D eigenvalue weighted by atomic mass is 35.5. The highest BCUT2D eigenvalue weighted by Gasteiger charge is 2.27. The molecule has 0 fully saturated rings. The smallest absolute Gasteiger partial charge is 0.392 e. The fourth-order valence-corrected chi connectivity index (χ4v) is 1.23.